The van der Waals surface area contributed by atoms with Crippen molar-refractivity contribution < 1.29 is 13.7 Å². The zero-order valence-corrected chi connectivity index (χ0v) is 6.14. The first-order chi connectivity index (χ1) is 5.24. The van der Waals surface area contributed by atoms with E-state index in [-0.39, 0.29) is 18.1 Å². The van der Waals surface area contributed by atoms with Crippen LogP contribution in [-0.4, -0.2) is 7.35 Å². The van der Waals surface area contributed by atoms with Crippen molar-refractivity contribution in [3.8, 4) is 5.75 Å². The Kier molecular flexibility index (Phi) is 2.60. The van der Waals surface area contributed by atoms with Gasteiger partial charge in [0.2, 0.25) is 0 Å². The third-order valence-electron chi connectivity index (χ3n) is 1.07. The molecule has 0 heterocycles. The molecule has 1 aromatic carbocycles. The molecular weight excluding hydrogens is 169 g/mol. The predicted octanol–water partition coefficient (Wildman–Crippen LogP) is 1.82. The molecule has 0 aliphatic rings. The van der Waals surface area contributed by atoms with Gasteiger partial charge in [0.25, 0.3) is 0 Å². The molecule has 0 N–H and O–H groups in total. The predicted molar refractivity (Wildman–Crippen MR) is 38.5 cm³/mol. The van der Waals surface area contributed by atoms with Gasteiger partial charge in [-0.15, -0.1) is 0 Å². The maximum atomic E-state index is 12.7. The van der Waals surface area contributed by atoms with Crippen LogP contribution in [-0.2, 0) is 4.70 Å². The molecule has 0 saturated heterocycles. The van der Waals surface area contributed by atoms with Gasteiger partial charge >= 0.3 is 67.5 Å². The zero-order valence-electron chi connectivity index (χ0n) is 5.38. The van der Waals surface area contributed by atoms with Gasteiger partial charge in [0.1, 0.15) is 0 Å². The molecule has 5 heteroatoms. The summed E-state index contributed by atoms with van der Waals surface area (Å²) in [5, 5.41) is 0.265. The molecule has 0 bridgehead atoms. The van der Waals surface area contributed by atoms with Crippen LogP contribution >= 0.6 is 11.6 Å². The third kappa shape index (κ3) is 2.01. The van der Waals surface area contributed by atoms with E-state index >= 15 is 0 Å². The van der Waals surface area contributed by atoms with Gasteiger partial charge in [-0.05, 0) is 0 Å². The summed E-state index contributed by atoms with van der Waals surface area (Å²) in [4.78, 5) is 0. The molecule has 0 aromatic heterocycles. The second-order valence-electron chi connectivity index (χ2n) is 1.79. The van der Waals surface area contributed by atoms with Gasteiger partial charge in [0.15, 0.2) is 0 Å². The van der Waals surface area contributed by atoms with Crippen molar-refractivity contribution in [1.82, 2.24) is 0 Å². The van der Waals surface area contributed by atoms with Crippen LogP contribution in [0.2, 0.25) is 5.02 Å². The van der Waals surface area contributed by atoms with E-state index in [2.05, 4.69) is 4.65 Å². The Morgan fingerprint density at radius 3 is 2.82 bits per heavy atom. The standard InChI is InChI=1S/C6H3BClFO2/c8-4-1-2-6(11-7-10)5(9)3-4/h1-3H. The van der Waals surface area contributed by atoms with Crippen LogP contribution in [0.5, 0.6) is 5.75 Å². The van der Waals surface area contributed by atoms with Crippen molar-refractivity contribution in [2.45, 2.75) is 0 Å². The molecule has 1 rings (SSSR count). The molecule has 0 radical (unpaired) electrons. The van der Waals surface area contributed by atoms with Gasteiger partial charge < -0.3 is 0 Å². The average Bonchev–Trinajstić information content (AvgIpc) is 1.95. The normalized spacial score (nSPS) is 8.91. The van der Waals surface area contributed by atoms with Crippen LogP contribution in [0.25, 0.3) is 0 Å². The SMILES string of the molecule is O=BOc1ccc(Cl)cc1F. The van der Waals surface area contributed by atoms with Crippen molar-refractivity contribution in [1.29, 1.82) is 0 Å². The molecular formula is C6H3BClFO2. The number of halogens is 2. The van der Waals surface area contributed by atoms with E-state index in [1.54, 1.807) is 0 Å². The van der Waals surface area contributed by atoms with Crippen molar-refractivity contribution in [2.24, 2.45) is 0 Å². The van der Waals surface area contributed by atoms with Crippen molar-refractivity contribution in [2.75, 3.05) is 0 Å². The summed E-state index contributed by atoms with van der Waals surface area (Å²) in [5.41, 5.74) is 0. The fraction of sp³-hybridized carbons (Fsp3) is 0. The number of benzene rings is 1. The van der Waals surface area contributed by atoms with E-state index < -0.39 is 5.82 Å². The molecule has 0 aliphatic heterocycles. The first-order valence-electron chi connectivity index (χ1n) is 2.79. The first-order valence-corrected chi connectivity index (χ1v) is 3.17. The number of hydrogen-bond acceptors (Lipinski definition) is 2. The molecule has 0 spiro atoms. The second kappa shape index (κ2) is 3.48. The number of rotatable bonds is 2. The molecule has 0 atom stereocenters. The van der Waals surface area contributed by atoms with Gasteiger partial charge in [0.05, 0.1) is 0 Å². The van der Waals surface area contributed by atoms with Crippen LogP contribution in [0.3, 0.4) is 0 Å². The van der Waals surface area contributed by atoms with Gasteiger partial charge in [-0.25, -0.2) is 0 Å². The van der Waals surface area contributed by atoms with E-state index in [1.165, 1.54) is 12.1 Å². The Morgan fingerprint density at radius 1 is 1.55 bits per heavy atom. The minimum atomic E-state index is -0.649. The Morgan fingerprint density at radius 2 is 2.27 bits per heavy atom. The van der Waals surface area contributed by atoms with Crippen LogP contribution in [0.4, 0.5) is 4.39 Å². The van der Waals surface area contributed by atoms with Crippen molar-refractivity contribution >= 4 is 19.0 Å². The molecule has 56 valence electrons. The fourth-order valence-electron chi connectivity index (χ4n) is 0.623. The monoisotopic (exact) mass is 172 g/mol. The Labute approximate surface area is 68.2 Å². The molecule has 0 fully saturated rings. The maximum absolute atomic E-state index is 12.7. The Balaban J connectivity index is 2.98. The van der Waals surface area contributed by atoms with E-state index in [4.69, 9.17) is 11.6 Å². The molecule has 0 saturated carbocycles. The van der Waals surface area contributed by atoms with Gasteiger partial charge in [-0.1, -0.05) is 0 Å². The summed E-state index contributed by atoms with van der Waals surface area (Å²) in [6.07, 6.45) is 0. The van der Waals surface area contributed by atoms with Crippen LogP contribution in [0.1, 0.15) is 0 Å². The molecule has 1 aromatic rings. The molecule has 0 amide bonds. The zero-order chi connectivity index (χ0) is 8.27. The van der Waals surface area contributed by atoms with E-state index in [0.717, 1.165) is 6.07 Å². The Bertz CT molecular complexity index is 279. The van der Waals surface area contributed by atoms with Gasteiger partial charge in [0, 0.05) is 0 Å². The van der Waals surface area contributed by atoms with Crippen molar-refractivity contribution in [3.63, 3.8) is 0 Å². The third-order valence-corrected chi connectivity index (χ3v) is 1.30. The van der Waals surface area contributed by atoms with Gasteiger partial charge in [-0.2, -0.15) is 0 Å². The summed E-state index contributed by atoms with van der Waals surface area (Å²) in [5.74, 6) is -0.769. The summed E-state index contributed by atoms with van der Waals surface area (Å²) in [6, 6.07) is 3.79. The average molecular weight is 172 g/mol. The minimum absolute atomic E-state index is 0.121. The van der Waals surface area contributed by atoms with Crippen LogP contribution < -0.4 is 4.65 Å². The van der Waals surface area contributed by atoms with E-state index in [1.807, 2.05) is 0 Å². The number of hydrogen-bond donors (Lipinski definition) is 0. The first kappa shape index (κ1) is 8.20. The Hall–Kier alpha value is -0.895. The molecule has 2 nitrogen and oxygen atoms in total. The molecule has 0 aliphatic carbocycles. The second-order valence-corrected chi connectivity index (χ2v) is 2.23. The topological polar surface area (TPSA) is 26.3 Å². The van der Waals surface area contributed by atoms with Crippen LogP contribution in [0.15, 0.2) is 18.2 Å². The van der Waals surface area contributed by atoms with E-state index in [0.29, 0.717) is 0 Å². The summed E-state index contributed by atoms with van der Waals surface area (Å²) in [6.45, 7) is 0. The molecule has 0 unspecified atom stereocenters. The summed E-state index contributed by atoms with van der Waals surface area (Å²) < 4.78 is 26.7. The van der Waals surface area contributed by atoms with E-state index in [9.17, 15) is 9.10 Å². The van der Waals surface area contributed by atoms with Crippen LogP contribution in [0, 0.1) is 5.82 Å². The molecule has 11 heavy (non-hydrogen) atoms. The fourth-order valence-corrected chi connectivity index (χ4v) is 0.781. The van der Waals surface area contributed by atoms with Gasteiger partial charge in [-0.3, -0.25) is 0 Å². The quantitative estimate of drug-likeness (QED) is 0.636. The summed E-state index contributed by atoms with van der Waals surface area (Å²) in [7, 11) is 0.159. The summed E-state index contributed by atoms with van der Waals surface area (Å²) >= 11 is 5.43. The van der Waals surface area contributed by atoms with Crippen molar-refractivity contribution in [3.05, 3.63) is 29.0 Å².